The van der Waals surface area contributed by atoms with Gasteiger partial charge in [0.15, 0.2) is 9.84 Å². The molecule has 0 bridgehead atoms. The van der Waals surface area contributed by atoms with Crippen molar-refractivity contribution in [2.24, 2.45) is 0 Å². The number of anilines is 1. The lowest BCUT2D eigenvalue weighted by molar-refractivity contribution is 0.0935. The summed E-state index contributed by atoms with van der Waals surface area (Å²) in [6.07, 6.45) is 4.82. The molecule has 1 amide bonds. The third-order valence-electron chi connectivity index (χ3n) is 3.48. The van der Waals surface area contributed by atoms with Crippen LogP contribution in [0.2, 0.25) is 0 Å². The lowest BCUT2D eigenvalue weighted by atomic mass is 10.2. The topological polar surface area (TPSA) is 114 Å². The first kappa shape index (κ1) is 15.5. The molecule has 2 aromatic rings. The van der Waals surface area contributed by atoms with Crippen LogP contribution in [-0.4, -0.2) is 41.8 Å². The number of carbonyl (C=O) groups is 1. The molecule has 1 saturated heterocycles. The smallest absolute Gasteiger partial charge is 0.271 e. The lowest BCUT2D eigenvalue weighted by Gasteiger charge is -2.10. The minimum Gasteiger partial charge on any atom is -0.467 e. The van der Waals surface area contributed by atoms with E-state index in [-0.39, 0.29) is 23.2 Å². The molecule has 1 unspecified atom stereocenters. The van der Waals surface area contributed by atoms with Gasteiger partial charge in [0.2, 0.25) is 0 Å². The molecule has 0 saturated carbocycles. The maximum atomic E-state index is 12.0. The van der Waals surface area contributed by atoms with Crippen LogP contribution in [0.15, 0.2) is 35.2 Å². The van der Waals surface area contributed by atoms with Gasteiger partial charge in [0.25, 0.3) is 5.91 Å². The van der Waals surface area contributed by atoms with Crippen molar-refractivity contribution in [2.75, 3.05) is 16.8 Å². The number of nitrogens with one attached hydrogen (secondary N) is 2. The fourth-order valence-electron chi connectivity index (χ4n) is 2.30. The van der Waals surface area contributed by atoms with E-state index in [9.17, 15) is 13.2 Å². The Kier molecular flexibility index (Phi) is 4.28. The van der Waals surface area contributed by atoms with Crippen LogP contribution >= 0.6 is 0 Å². The average molecular weight is 336 g/mol. The predicted octanol–water partition coefficient (Wildman–Crippen LogP) is 0.599. The van der Waals surface area contributed by atoms with E-state index >= 15 is 0 Å². The standard InChI is InChI=1S/C14H16N4O4S/c19-14(18-10-3-5-23(20,21)9-10)12-7-17-13(8-15-12)16-6-11-2-1-4-22-11/h1-2,4,7-8,10H,3,5-6,9H2,(H,16,17)(H,18,19). The maximum Gasteiger partial charge on any atom is 0.271 e. The van der Waals surface area contributed by atoms with Crippen LogP contribution in [0.4, 0.5) is 5.82 Å². The van der Waals surface area contributed by atoms with Crippen LogP contribution < -0.4 is 10.6 Å². The predicted molar refractivity (Wildman–Crippen MR) is 82.6 cm³/mol. The number of hydrogen-bond acceptors (Lipinski definition) is 7. The number of nitrogens with zero attached hydrogens (tertiary/aromatic N) is 2. The molecule has 1 fully saturated rings. The molecule has 3 heterocycles. The molecule has 23 heavy (non-hydrogen) atoms. The van der Waals surface area contributed by atoms with Gasteiger partial charge >= 0.3 is 0 Å². The van der Waals surface area contributed by atoms with Crippen molar-refractivity contribution in [3.8, 4) is 0 Å². The second-order valence-corrected chi connectivity index (χ2v) is 7.52. The number of hydrogen-bond donors (Lipinski definition) is 2. The molecule has 0 aliphatic carbocycles. The zero-order valence-corrected chi connectivity index (χ0v) is 13.0. The molecule has 2 aromatic heterocycles. The van der Waals surface area contributed by atoms with Crippen molar-refractivity contribution in [3.63, 3.8) is 0 Å². The van der Waals surface area contributed by atoms with Gasteiger partial charge in [0, 0.05) is 6.04 Å². The zero-order valence-electron chi connectivity index (χ0n) is 12.2. The summed E-state index contributed by atoms with van der Waals surface area (Å²) in [7, 11) is -3.03. The Labute approximate surface area is 133 Å². The maximum absolute atomic E-state index is 12.0. The molecule has 3 rings (SSSR count). The minimum absolute atomic E-state index is 0.0189. The average Bonchev–Trinajstić information content (AvgIpc) is 3.15. The molecule has 122 valence electrons. The van der Waals surface area contributed by atoms with Gasteiger partial charge in [-0.2, -0.15) is 0 Å². The van der Waals surface area contributed by atoms with Crippen molar-refractivity contribution in [1.29, 1.82) is 0 Å². The summed E-state index contributed by atoms with van der Waals surface area (Å²) in [6, 6.07) is 3.27. The van der Waals surface area contributed by atoms with Crippen LogP contribution in [0.25, 0.3) is 0 Å². The third-order valence-corrected chi connectivity index (χ3v) is 5.24. The number of carbonyl (C=O) groups excluding carboxylic acids is 1. The van der Waals surface area contributed by atoms with Gasteiger partial charge in [-0.1, -0.05) is 0 Å². The van der Waals surface area contributed by atoms with E-state index in [4.69, 9.17) is 4.42 Å². The molecule has 0 spiro atoms. The molecule has 1 aliphatic rings. The Balaban J connectivity index is 1.55. The van der Waals surface area contributed by atoms with E-state index in [0.29, 0.717) is 18.8 Å². The van der Waals surface area contributed by atoms with Crippen LogP contribution in [0, 0.1) is 0 Å². The highest BCUT2D eigenvalue weighted by Crippen LogP contribution is 2.12. The molecular weight excluding hydrogens is 320 g/mol. The van der Waals surface area contributed by atoms with Crippen molar-refractivity contribution >= 4 is 21.6 Å². The number of rotatable bonds is 5. The first-order valence-electron chi connectivity index (χ1n) is 7.11. The fraction of sp³-hybridized carbons (Fsp3) is 0.357. The van der Waals surface area contributed by atoms with E-state index in [1.807, 2.05) is 6.07 Å². The van der Waals surface area contributed by atoms with E-state index in [1.54, 1.807) is 12.3 Å². The summed E-state index contributed by atoms with van der Waals surface area (Å²) < 4.78 is 27.9. The van der Waals surface area contributed by atoms with Gasteiger partial charge in [0.05, 0.1) is 36.7 Å². The summed E-state index contributed by atoms with van der Waals surface area (Å²) >= 11 is 0. The Bertz CT molecular complexity index is 772. The summed E-state index contributed by atoms with van der Waals surface area (Å²) in [5, 5.41) is 5.69. The van der Waals surface area contributed by atoms with Gasteiger partial charge in [-0.15, -0.1) is 0 Å². The summed E-state index contributed by atoms with van der Waals surface area (Å²) in [4.78, 5) is 20.2. The molecule has 0 aromatic carbocycles. The van der Waals surface area contributed by atoms with E-state index in [0.717, 1.165) is 5.76 Å². The van der Waals surface area contributed by atoms with Crippen molar-refractivity contribution in [3.05, 3.63) is 42.2 Å². The molecule has 8 nitrogen and oxygen atoms in total. The first-order valence-corrected chi connectivity index (χ1v) is 8.93. The molecule has 1 aliphatic heterocycles. The first-order chi connectivity index (χ1) is 11.0. The number of aromatic nitrogens is 2. The van der Waals surface area contributed by atoms with Crippen LogP contribution in [0.3, 0.4) is 0 Å². The Morgan fingerprint density at radius 3 is 2.83 bits per heavy atom. The largest absolute Gasteiger partial charge is 0.467 e. The Hall–Kier alpha value is -2.42. The van der Waals surface area contributed by atoms with Crippen LogP contribution in [-0.2, 0) is 16.4 Å². The third kappa shape index (κ3) is 4.07. The van der Waals surface area contributed by atoms with E-state index in [1.165, 1.54) is 12.4 Å². The molecule has 9 heteroatoms. The Morgan fingerprint density at radius 1 is 1.35 bits per heavy atom. The highest BCUT2D eigenvalue weighted by atomic mass is 32.2. The minimum atomic E-state index is -3.03. The molecule has 2 N–H and O–H groups in total. The van der Waals surface area contributed by atoms with Crippen molar-refractivity contribution in [2.45, 2.75) is 19.0 Å². The van der Waals surface area contributed by atoms with Gasteiger partial charge in [-0.3, -0.25) is 4.79 Å². The van der Waals surface area contributed by atoms with Crippen LogP contribution in [0.5, 0.6) is 0 Å². The normalized spacial score (nSPS) is 19.4. The van der Waals surface area contributed by atoms with Crippen molar-refractivity contribution < 1.29 is 17.6 Å². The number of amides is 1. The molecule has 1 atom stereocenters. The van der Waals surface area contributed by atoms with Crippen molar-refractivity contribution in [1.82, 2.24) is 15.3 Å². The quantitative estimate of drug-likeness (QED) is 0.821. The van der Waals surface area contributed by atoms with Gasteiger partial charge in [-0.25, -0.2) is 18.4 Å². The van der Waals surface area contributed by atoms with Gasteiger partial charge < -0.3 is 15.1 Å². The summed E-state index contributed by atoms with van der Waals surface area (Å²) in [6.45, 7) is 0.465. The number of furan rings is 1. The van der Waals surface area contributed by atoms with E-state index < -0.39 is 15.7 Å². The second-order valence-electron chi connectivity index (χ2n) is 5.29. The monoisotopic (exact) mass is 336 g/mol. The van der Waals surface area contributed by atoms with Gasteiger partial charge in [0.1, 0.15) is 17.3 Å². The lowest BCUT2D eigenvalue weighted by Crippen LogP contribution is -2.36. The SMILES string of the molecule is O=C(NC1CCS(=O)(=O)C1)c1cnc(NCc2ccco2)cn1. The summed E-state index contributed by atoms with van der Waals surface area (Å²) in [5.74, 6) is 0.948. The zero-order chi connectivity index (χ0) is 16.3. The highest BCUT2D eigenvalue weighted by molar-refractivity contribution is 7.91. The van der Waals surface area contributed by atoms with Crippen LogP contribution in [0.1, 0.15) is 22.7 Å². The highest BCUT2D eigenvalue weighted by Gasteiger charge is 2.29. The molecule has 0 radical (unpaired) electrons. The Morgan fingerprint density at radius 2 is 2.22 bits per heavy atom. The second kappa shape index (κ2) is 6.37. The summed E-state index contributed by atoms with van der Waals surface area (Å²) in [5.41, 5.74) is 0.151. The van der Waals surface area contributed by atoms with E-state index in [2.05, 4.69) is 20.6 Å². The number of sulfone groups is 1. The molecular formula is C14H16N4O4S. The van der Waals surface area contributed by atoms with Gasteiger partial charge in [-0.05, 0) is 18.6 Å². The fourth-order valence-corrected chi connectivity index (χ4v) is 3.97.